The molecule has 0 aliphatic heterocycles. The van der Waals surface area contributed by atoms with Crippen LogP contribution in [0.2, 0.25) is 5.02 Å². The number of aliphatic hydroxyl groups is 1. The molecule has 72 valence electrons. The Morgan fingerprint density at radius 2 is 2.14 bits per heavy atom. The lowest BCUT2D eigenvalue weighted by Crippen LogP contribution is -1.92. The summed E-state index contributed by atoms with van der Waals surface area (Å²) < 4.78 is 0. The predicted molar refractivity (Wildman–Crippen MR) is 57.1 cm³/mol. The molecule has 0 fully saturated rings. The maximum atomic E-state index is 9.09. The maximum absolute atomic E-state index is 9.09. The Bertz CT molecular complexity index is 485. The molecule has 1 heterocycles. The zero-order valence-electron chi connectivity index (χ0n) is 7.37. The van der Waals surface area contributed by atoms with Crippen molar-refractivity contribution in [2.45, 2.75) is 6.61 Å². The number of anilines is 1. The smallest absolute Gasteiger partial charge is 0.123 e. The van der Waals surface area contributed by atoms with Gasteiger partial charge in [0.15, 0.2) is 0 Å². The first-order valence-corrected chi connectivity index (χ1v) is 4.53. The van der Waals surface area contributed by atoms with Gasteiger partial charge < -0.3 is 10.8 Å². The highest BCUT2D eigenvalue weighted by Crippen LogP contribution is 2.27. The number of nitrogens with zero attached hydrogens (tertiary/aromatic N) is 1. The molecule has 3 nitrogen and oxygen atoms in total. The Balaban J connectivity index is 2.84. The highest BCUT2D eigenvalue weighted by Gasteiger charge is 2.04. The minimum absolute atomic E-state index is 0.0285. The summed E-state index contributed by atoms with van der Waals surface area (Å²) in [6.45, 7) is -0.0285. The van der Waals surface area contributed by atoms with Crippen molar-refractivity contribution >= 4 is 28.2 Å². The van der Waals surface area contributed by atoms with Crippen molar-refractivity contribution in [2.75, 3.05) is 5.73 Å². The van der Waals surface area contributed by atoms with Crippen molar-refractivity contribution < 1.29 is 5.11 Å². The van der Waals surface area contributed by atoms with Crippen LogP contribution in [0.3, 0.4) is 0 Å². The van der Waals surface area contributed by atoms with Gasteiger partial charge in [-0.05, 0) is 17.7 Å². The lowest BCUT2D eigenvalue weighted by atomic mass is 10.1. The lowest BCUT2D eigenvalue weighted by molar-refractivity contribution is 0.283. The first kappa shape index (κ1) is 9.24. The third kappa shape index (κ3) is 1.41. The molecule has 1 aromatic carbocycles. The quantitative estimate of drug-likeness (QED) is 0.753. The summed E-state index contributed by atoms with van der Waals surface area (Å²) in [7, 11) is 0. The normalized spacial score (nSPS) is 10.7. The van der Waals surface area contributed by atoms with Gasteiger partial charge in [0.2, 0.25) is 0 Å². The SMILES string of the molecule is Nc1cc2c(Cl)ccc(CO)c2cn1. The van der Waals surface area contributed by atoms with Gasteiger partial charge in [0.1, 0.15) is 5.82 Å². The molecule has 0 unspecified atom stereocenters. The van der Waals surface area contributed by atoms with Crippen molar-refractivity contribution in [2.24, 2.45) is 0 Å². The largest absolute Gasteiger partial charge is 0.392 e. The Morgan fingerprint density at radius 1 is 1.36 bits per heavy atom. The van der Waals surface area contributed by atoms with Crippen molar-refractivity contribution in [3.05, 3.63) is 35.0 Å². The molecule has 0 radical (unpaired) electrons. The third-order valence-electron chi connectivity index (χ3n) is 2.13. The van der Waals surface area contributed by atoms with Gasteiger partial charge in [-0.15, -0.1) is 0 Å². The second-order valence-corrected chi connectivity index (χ2v) is 3.43. The standard InChI is InChI=1S/C10H9ClN2O/c11-9-2-1-6(5-14)8-4-13-10(12)3-7(8)9/h1-4,14H,5H2,(H2,12,13). The minimum Gasteiger partial charge on any atom is -0.392 e. The lowest BCUT2D eigenvalue weighted by Gasteiger charge is -2.05. The average Bonchev–Trinajstić information content (AvgIpc) is 2.19. The Kier molecular flexibility index (Phi) is 2.27. The van der Waals surface area contributed by atoms with E-state index in [1.54, 1.807) is 24.4 Å². The number of hydrogen-bond donors (Lipinski definition) is 2. The van der Waals surface area contributed by atoms with Crippen molar-refractivity contribution in [3.63, 3.8) is 0 Å². The molecule has 0 spiro atoms. The van der Waals surface area contributed by atoms with Crippen molar-refractivity contribution in [1.29, 1.82) is 0 Å². The van der Waals surface area contributed by atoms with Crippen molar-refractivity contribution in [1.82, 2.24) is 4.98 Å². The molecule has 0 atom stereocenters. The molecular weight excluding hydrogens is 200 g/mol. The van der Waals surface area contributed by atoms with Crippen LogP contribution >= 0.6 is 11.6 Å². The van der Waals surface area contributed by atoms with Crippen LogP contribution in [0, 0.1) is 0 Å². The zero-order valence-corrected chi connectivity index (χ0v) is 8.12. The fraction of sp³-hybridized carbons (Fsp3) is 0.100. The van der Waals surface area contributed by atoms with Crippen LogP contribution in [-0.2, 0) is 6.61 Å². The molecular formula is C10H9ClN2O. The Hall–Kier alpha value is -1.32. The number of nitrogens with two attached hydrogens (primary N) is 1. The second kappa shape index (κ2) is 3.44. The van der Waals surface area contributed by atoms with Gasteiger partial charge in [-0.2, -0.15) is 0 Å². The van der Waals surface area contributed by atoms with E-state index < -0.39 is 0 Å². The van der Waals surface area contributed by atoms with Crippen LogP contribution < -0.4 is 5.73 Å². The number of aromatic nitrogens is 1. The fourth-order valence-electron chi connectivity index (χ4n) is 1.42. The summed E-state index contributed by atoms with van der Waals surface area (Å²) in [4.78, 5) is 3.97. The summed E-state index contributed by atoms with van der Waals surface area (Å²) in [5.74, 6) is 0.425. The molecule has 1 aromatic heterocycles. The van der Waals surface area contributed by atoms with E-state index in [0.29, 0.717) is 10.8 Å². The number of fused-ring (bicyclic) bond motifs is 1. The number of aliphatic hydroxyl groups excluding tert-OH is 1. The van der Waals surface area contributed by atoms with E-state index in [1.807, 2.05) is 0 Å². The molecule has 3 N–H and O–H groups in total. The first-order valence-electron chi connectivity index (χ1n) is 4.16. The Morgan fingerprint density at radius 3 is 2.86 bits per heavy atom. The van der Waals surface area contributed by atoms with E-state index in [4.69, 9.17) is 22.4 Å². The molecule has 4 heteroatoms. The van der Waals surface area contributed by atoms with Gasteiger partial charge in [-0.1, -0.05) is 17.7 Å². The minimum atomic E-state index is -0.0285. The second-order valence-electron chi connectivity index (χ2n) is 3.02. The highest BCUT2D eigenvalue weighted by molar-refractivity contribution is 6.35. The molecule has 2 aromatic rings. The number of benzene rings is 1. The van der Waals surface area contributed by atoms with Gasteiger partial charge in [0.05, 0.1) is 6.61 Å². The van der Waals surface area contributed by atoms with E-state index >= 15 is 0 Å². The van der Waals surface area contributed by atoms with E-state index in [2.05, 4.69) is 4.98 Å². The molecule has 0 saturated heterocycles. The summed E-state index contributed by atoms with van der Waals surface area (Å²) in [5.41, 5.74) is 6.35. The average molecular weight is 209 g/mol. The molecule has 0 aliphatic carbocycles. The van der Waals surface area contributed by atoms with E-state index in [9.17, 15) is 0 Å². The van der Waals surface area contributed by atoms with Crippen LogP contribution in [0.5, 0.6) is 0 Å². The monoisotopic (exact) mass is 208 g/mol. The summed E-state index contributed by atoms with van der Waals surface area (Å²) in [5, 5.41) is 11.4. The van der Waals surface area contributed by atoms with Gasteiger partial charge in [0.25, 0.3) is 0 Å². The number of rotatable bonds is 1. The molecule has 0 saturated carbocycles. The van der Waals surface area contributed by atoms with Gasteiger partial charge in [-0.3, -0.25) is 0 Å². The van der Waals surface area contributed by atoms with Gasteiger partial charge in [-0.25, -0.2) is 4.98 Å². The van der Waals surface area contributed by atoms with Crippen molar-refractivity contribution in [3.8, 4) is 0 Å². The molecule has 14 heavy (non-hydrogen) atoms. The maximum Gasteiger partial charge on any atom is 0.123 e. The molecule has 2 rings (SSSR count). The zero-order chi connectivity index (χ0) is 10.1. The van der Waals surface area contributed by atoms with Gasteiger partial charge >= 0.3 is 0 Å². The molecule has 0 bridgehead atoms. The van der Waals surface area contributed by atoms with E-state index in [0.717, 1.165) is 16.3 Å². The van der Waals surface area contributed by atoms with Crippen LogP contribution in [0.15, 0.2) is 24.4 Å². The summed E-state index contributed by atoms with van der Waals surface area (Å²) >= 11 is 5.99. The van der Waals surface area contributed by atoms with E-state index in [1.165, 1.54) is 0 Å². The predicted octanol–water partition coefficient (Wildman–Crippen LogP) is 1.96. The summed E-state index contributed by atoms with van der Waals surface area (Å²) in [6, 6.07) is 5.23. The van der Waals surface area contributed by atoms with E-state index in [-0.39, 0.29) is 6.61 Å². The molecule has 0 amide bonds. The number of hydrogen-bond acceptors (Lipinski definition) is 3. The number of halogens is 1. The highest BCUT2D eigenvalue weighted by atomic mass is 35.5. The van der Waals surface area contributed by atoms with Crippen LogP contribution in [0.1, 0.15) is 5.56 Å². The fourth-order valence-corrected chi connectivity index (χ4v) is 1.64. The third-order valence-corrected chi connectivity index (χ3v) is 2.46. The van der Waals surface area contributed by atoms with Crippen LogP contribution in [-0.4, -0.2) is 10.1 Å². The van der Waals surface area contributed by atoms with Gasteiger partial charge in [0, 0.05) is 22.0 Å². The number of nitrogen functional groups attached to an aromatic ring is 1. The topological polar surface area (TPSA) is 59.1 Å². The van der Waals surface area contributed by atoms with Crippen LogP contribution in [0.25, 0.3) is 10.8 Å². The van der Waals surface area contributed by atoms with Crippen LogP contribution in [0.4, 0.5) is 5.82 Å². The number of pyridine rings is 1. The molecule has 0 aliphatic rings. The summed E-state index contributed by atoms with van der Waals surface area (Å²) in [6.07, 6.45) is 1.63. The first-order chi connectivity index (χ1) is 6.72. The Labute approximate surface area is 86.1 Å².